The average Bonchev–Trinajstić information content (AvgIpc) is 3.12. The molecule has 2 fully saturated rings. The second kappa shape index (κ2) is 5.19. The third-order valence-corrected chi connectivity index (χ3v) is 4.96. The Bertz CT molecular complexity index is 439. The van der Waals surface area contributed by atoms with Gasteiger partial charge >= 0.3 is 0 Å². The Morgan fingerprint density at radius 3 is 2.21 bits per heavy atom. The van der Waals surface area contributed by atoms with E-state index >= 15 is 0 Å². The number of rotatable bonds is 4. The van der Waals surface area contributed by atoms with E-state index in [2.05, 4.69) is 43.9 Å². The van der Waals surface area contributed by atoms with Crippen molar-refractivity contribution in [1.82, 2.24) is 0 Å². The highest BCUT2D eigenvalue weighted by Crippen LogP contribution is 2.46. The van der Waals surface area contributed by atoms with Crippen molar-refractivity contribution in [2.45, 2.75) is 58.3 Å². The lowest BCUT2D eigenvalue weighted by Crippen LogP contribution is -2.22. The van der Waals surface area contributed by atoms with Crippen LogP contribution in [0, 0.1) is 5.92 Å². The third kappa shape index (κ3) is 2.52. The molecule has 0 bridgehead atoms. The molecule has 0 amide bonds. The Morgan fingerprint density at radius 1 is 1.00 bits per heavy atom. The molecule has 1 aromatic rings. The van der Waals surface area contributed by atoms with Gasteiger partial charge in [-0.15, -0.1) is 0 Å². The van der Waals surface area contributed by atoms with Gasteiger partial charge in [-0.3, -0.25) is 0 Å². The molecule has 0 spiro atoms. The van der Waals surface area contributed by atoms with Gasteiger partial charge in [0, 0.05) is 18.8 Å². The fourth-order valence-electron chi connectivity index (χ4n) is 3.57. The molecule has 1 nitrogen and oxygen atoms in total. The van der Waals surface area contributed by atoms with Crippen LogP contribution in [0.25, 0.3) is 0 Å². The fraction of sp³-hybridized carbons (Fsp3) is 0.667. The summed E-state index contributed by atoms with van der Waals surface area (Å²) in [5, 5.41) is 0. The molecule has 1 heteroatoms. The first-order valence-electron chi connectivity index (χ1n) is 8.06. The Balaban J connectivity index is 2.03. The summed E-state index contributed by atoms with van der Waals surface area (Å²) in [6, 6.07) is 7.02. The topological polar surface area (TPSA) is 3.24 Å². The maximum atomic E-state index is 2.66. The van der Waals surface area contributed by atoms with Gasteiger partial charge in [-0.25, -0.2) is 0 Å². The Hall–Kier alpha value is -0.980. The van der Waals surface area contributed by atoms with E-state index in [0.29, 0.717) is 5.92 Å². The number of para-hydroxylation sites is 1. The average molecular weight is 257 g/mol. The van der Waals surface area contributed by atoms with Crippen LogP contribution in [0.1, 0.15) is 69.4 Å². The van der Waals surface area contributed by atoms with Gasteiger partial charge in [-0.05, 0) is 54.6 Å². The van der Waals surface area contributed by atoms with Crippen molar-refractivity contribution in [2.75, 3.05) is 18.0 Å². The molecule has 104 valence electrons. The van der Waals surface area contributed by atoms with Crippen molar-refractivity contribution < 1.29 is 0 Å². The van der Waals surface area contributed by atoms with Crippen molar-refractivity contribution in [2.24, 2.45) is 5.92 Å². The first kappa shape index (κ1) is 13.0. The van der Waals surface area contributed by atoms with Crippen LogP contribution in [0.3, 0.4) is 0 Å². The molecule has 0 aromatic heterocycles. The van der Waals surface area contributed by atoms with E-state index in [9.17, 15) is 0 Å². The second-order valence-corrected chi connectivity index (χ2v) is 6.76. The van der Waals surface area contributed by atoms with Crippen LogP contribution >= 0.6 is 0 Å². The molecule has 1 heterocycles. The molecule has 19 heavy (non-hydrogen) atoms. The largest absolute Gasteiger partial charge is 0.371 e. The molecule has 1 aliphatic carbocycles. The van der Waals surface area contributed by atoms with Gasteiger partial charge in [0.2, 0.25) is 0 Å². The van der Waals surface area contributed by atoms with Crippen molar-refractivity contribution in [3.8, 4) is 0 Å². The zero-order valence-corrected chi connectivity index (χ0v) is 12.7. The first-order valence-corrected chi connectivity index (χ1v) is 8.06. The number of hydrogen-bond donors (Lipinski definition) is 0. The SMILES string of the molecule is CC(C)c1cccc(C(C)C2CC2)c1N1CCCC1. The van der Waals surface area contributed by atoms with Crippen LogP contribution in [0.2, 0.25) is 0 Å². The van der Waals surface area contributed by atoms with E-state index < -0.39 is 0 Å². The summed E-state index contributed by atoms with van der Waals surface area (Å²) in [7, 11) is 0. The zero-order chi connectivity index (χ0) is 13.4. The van der Waals surface area contributed by atoms with Crippen LogP contribution < -0.4 is 4.90 Å². The lowest BCUT2D eigenvalue weighted by Gasteiger charge is -2.29. The molecule has 1 unspecified atom stereocenters. The second-order valence-electron chi connectivity index (χ2n) is 6.76. The minimum Gasteiger partial charge on any atom is -0.371 e. The minimum atomic E-state index is 0.627. The summed E-state index contributed by atoms with van der Waals surface area (Å²) in [6.45, 7) is 9.62. The van der Waals surface area contributed by atoms with Crippen LogP contribution in [0.5, 0.6) is 0 Å². The van der Waals surface area contributed by atoms with Crippen molar-refractivity contribution in [3.05, 3.63) is 29.3 Å². The van der Waals surface area contributed by atoms with Crippen LogP contribution in [0.4, 0.5) is 5.69 Å². The third-order valence-electron chi connectivity index (χ3n) is 4.96. The van der Waals surface area contributed by atoms with Gasteiger partial charge in [-0.1, -0.05) is 39.0 Å². The standard InChI is InChI=1S/C18H27N/c1-13(2)16-7-6-8-17(14(3)15-9-10-15)18(16)19-11-4-5-12-19/h6-8,13-15H,4-5,9-12H2,1-3H3. The number of hydrogen-bond acceptors (Lipinski definition) is 1. The molecule has 1 aromatic carbocycles. The molecular formula is C18H27N. The molecule has 0 N–H and O–H groups in total. The Kier molecular flexibility index (Phi) is 3.56. The van der Waals surface area contributed by atoms with Gasteiger partial charge in [0.25, 0.3) is 0 Å². The number of anilines is 1. The number of benzene rings is 1. The van der Waals surface area contributed by atoms with Gasteiger partial charge < -0.3 is 4.90 Å². The molecule has 1 aliphatic heterocycles. The molecule has 1 atom stereocenters. The molecule has 3 rings (SSSR count). The predicted molar refractivity (Wildman–Crippen MR) is 83.1 cm³/mol. The smallest absolute Gasteiger partial charge is 0.0436 e. The predicted octanol–water partition coefficient (Wildman–Crippen LogP) is 4.92. The van der Waals surface area contributed by atoms with Crippen molar-refractivity contribution >= 4 is 5.69 Å². The van der Waals surface area contributed by atoms with Gasteiger partial charge in [-0.2, -0.15) is 0 Å². The summed E-state index contributed by atoms with van der Waals surface area (Å²) in [5.41, 5.74) is 4.77. The quantitative estimate of drug-likeness (QED) is 0.739. The lowest BCUT2D eigenvalue weighted by molar-refractivity contribution is 0.658. The summed E-state index contributed by atoms with van der Waals surface area (Å²) >= 11 is 0. The van der Waals surface area contributed by atoms with E-state index in [1.165, 1.54) is 38.8 Å². The van der Waals surface area contributed by atoms with Gasteiger partial charge in [0.15, 0.2) is 0 Å². The van der Waals surface area contributed by atoms with Crippen LogP contribution in [0.15, 0.2) is 18.2 Å². The van der Waals surface area contributed by atoms with Gasteiger partial charge in [0.05, 0.1) is 0 Å². The zero-order valence-electron chi connectivity index (χ0n) is 12.7. The lowest BCUT2D eigenvalue weighted by atomic mass is 9.89. The summed E-state index contributed by atoms with van der Waals surface area (Å²) < 4.78 is 0. The highest BCUT2D eigenvalue weighted by atomic mass is 15.1. The van der Waals surface area contributed by atoms with Crippen molar-refractivity contribution in [3.63, 3.8) is 0 Å². The minimum absolute atomic E-state index is 0.627. The van der Waals surface area contributed by atoms with Crippen LogP contribution in [-0.4, -0.2) is 13.1 Å². The highest BCUT2D eigenvalue weighted by Gasteiger charge is 2.32. The Labute approximate surface area is 118 Å². The van der Waals surface area contributed by atoms with E-state index in [1.807, 2.05) is 0 Å². The van der Waals surface area contributed by atoms with E-state index in [4.69, 9.17) is 0 Å². The van der Waals surface area contributed by atoms with E-state index in [0.717, 1.165) is 11.8 Å². The number of nitrogens with zero attached hydrogens (tertiary/aromatic N) is 1. The van der Waals surface area contributed by atoms with E-state index in [-0.39, 0.29) is 0 Å². The Morgan fingerprint density at radius 2 is 1.63 bits per heavy atom. The molecule has 0 radical (unpaired) electrons. The molecular weight excluding hydrogens is 230 g/mol. The summed E-state index contributed by atoms with van der Waals surface area (Å²) in [6.07, 6.45) is 5.60. The maximum Gasteiger partial charge on any atom is 0.0436 e. The monoisotopic (exact) mass is 257 g/mol. The van der Waals surface area contributed by atoms with Crippen molar-refractivity contribution in [1.29, 1.82) is 0 Å². The van der Waals surface area contributed by atoms with Crippen LogP contribution in [-0.2, 0) is 0 Å². The van der Waals surface area contributed by atoms with Gasteiger partial charge in [0.1, 0.15) is 0 Å². The maximum absolute atomic E-state index is 2.66. The first-order chi connectivity index (χ1) is 9.18. The van der Waals surface area contributed by atoms with E-state index in [1.54, 1.807) is 16.8 Å². The fourth-order valence-corrected chi connectivity index (χ4v) is 3.57. The molecule has 2 aliphatic rings. The molecule has 1 saturated carbocycles. The summed E-state index contributed by atoms with van der Waals surface area (Å²) in [4.78, 5) is 2.66. The highest BCUT2D eigenvalue weighted by molar-refractivity contribution is 5.62. The normalized spacial score (nSPS) is 21.2. The molecule has 1 saturated heterocycles. The summed E-state index contributed by atoms with van der Waals surface area (Å²) in [5.74, 6) is 2.32.